The Labute approximate surface area is 53.6 Å². The summed E-state index contributed by atoms with van der Waals surface area (Å²) < 4.78 is 0. The van der Waals surface area contributed by atoms with Crippen LogP contribution in [0, 0.1) is 0 Å². The first-order valence-electron chi connectivity index (χ1n) is 2.40. The maximum Gasteiger partial charge on any atom is 0.183 e. The first kappa shape index (κ1) is 8.00. The van der Waals surface area contributed by atoms with E-state index in [0.717, 1.165) is 0 Å². The lowest BCUT2D eigenvalue weighted by Gasteiger charge is -1.95. The van der Waals surface area contributed by atoms with Crippen LogP contribution in [0.15, 0.2) is 24.2 Å². The van der Waals surface area contributed by atoms with Gasteiger partial charge >= 0.3 is 0 Å². The minimum Gasteiger partial charge on any atom is -0.415 e. The van der Waals surface area contributed by atoms with Gasteiger partial charge in [0.25, 0.3) is 0 Å². The highest BCUT2D eigenvalue weighted by Gasteiger charge is 1.86. The Morgan fingerprint density at radius 3 is 2.44 bits per heavy atom. The van der Waals surface area contributed by atoms with E-state index in [-0.39, 0.29) is 0 Å². The molecule has 0 heterocycles. The Morgan fingerprint density at radius 2 is 2.11 bits per heavy atom. The van der Waals surface area contributed by atoms with Crippen molar-refractivity contribution in [1.82, 2.24) is 0 Å². The molecule has 0 aliphatic carbocycles. The standard InChI is InChI=1S/C5H10N2O2/c1-2-3-5(9-7)4-8-6/h2-4H,6-7H2,1H3/b3-2-,5-4+. The lowest BCUT2D eigenvalue weighted by Crippen LogP contribution is -1.99. The monoisotopic (exact) mass is 130 g/mol. The third kappa shape index (κ3) is 3.57. The average Bonchev–Trinajstić information content (AvgIpc) is 1.88. The Balaban J connectivity index is 3.81. The smallest absolute Gasteiger partial charge is 0.183 e. The molecular formula is C5H10N2O2. The van der Waals surface area contributed by atoms with E-state index >= 15 is 0 Å². The number of hydrogen-bond acceptors (Lipinski definition) is 4. The van der Waals surface area contributed by atoms with Crippen molar-refractivity contribution in [3.63, 3.8) is 0 Å². The van der Waals surface area contributed by atoms with Crippen LogP contribution in [-0.4, -0.2) is 0 Å². The summed E-state index contributed by atoms with van der Waals surface area (Å²) in [5.74, 6) is 9.85. The fourth-order valence-corrected chi connectivity index (χ4v) is 0.338. The summed E-state index contributed by atoms with van der Waals surface area (Å²) in [4.78, 5) is 8.43. The molecule has 0 aliphatic rings. The Morgan fingerprint density at radius 1 is 1.44 bits per heavy atom. The van der Waals surface area contributed by atoms with Crippen LogP contribution < -0.4 is 11.8 Å². The third-order valence-electron chi connectivity index (χ3n) is 0.651. The number of allylic oxidation sites excluding steroid dienone is 2. The molecule has 0 bridgehead atoms. The van der Waals surface area contributed by atoms with Gasteiger partial charge < -0.3 is 9.68 Å². The molecule has 0 spiro atoms. The largest absolute Gasteiger partial charge is 0.415 e. The van der Waals surface area contributed by atoms with Crippen LogP contribution in [0.25, 0.3) is 0 Å². The zero-order chi connectivity index (χ0) is 7.11. The van der Waals surface area contributed by atoms with Crippen LogP contribution in [0.5, 0.6) is 0 Å². The van der Waals surface area contributed by atoms with Crippen LogP contribution in [0.2, 0.25) is 0 Å². The number of nitrogens with two attached hydrogens (primary N) is 2. The van der Waals surface area contributed by atoms with Gasteiger partial charge in [-0.05, 0) is 13.0 Å². The van der Waals surface area contributed by atoms with Crippen LogP contribution in [0.4, 0.5) is 0 Å². The molecule has 0 unspecified atom stereocenters. The molecule has 0 saturated carbocycles. The van der Waals surface area contributed by atoms with Gasteiger partial charge in [-0.25, -0.2) is 0 Å². The van der Waals surface area contributed by atoms with Crippen molar-refractivity contribution in [2.75, 3.05) is 0 Å². The van der Waals surface area contributed by atoms with Gasteiger partial charge in [-0.1, -0.05) is 6.08 Å². The highest BCUT2D eigenvalue weighted by atomic mass is 16.6. The maximum atomic E-state index is 4.79. The minimum absolute atomic E-state index is 0.375. The van der Waals surface area contributed by atoms with E-state index < -0.39 is 0 Å². The predicted octanol–water partition coefficient (Wildman–Crippen LogP) is 0.185. The molecule has 4 N–H and O–H groups in total. The molecule has 4 heteroatoms. The molecule has 4 nitrogen and oxygen atoms in total. The molecular weight excluding hydrogens is 120 g/mol. The summed E-state index contributed by atoms with van der Waals surface area (Å²) in [6, 6.07) is 0. The molecule has 0 aromatic carbocycles. The summed E-state index contributed by atoms with van der Waals surface area (Å²) in [6.07, 6.45) is 4.56. The number of hydrogen-bond donors (Lipinski definition) is 2. The highest BCUT2D eigenvalue weighted by molar-refractivity contribution is 5.07. The second-order valence-electron chi connectivity index (χ2n) is 1.27. The van der Waals surface area contributed by atoms with E-state index in [1.165, 1.54) is 6.26 Å². The van der Waals surface area contributed by atoms with Gasteiger partial charge in [-0.2, -0.15) is 11.8 Å². The molecule has 0 aromatic rings. The van der Waals surface area contributed by atoms with E-state index in [1.807, 2.05) is 6.92 Å². The van der Waals surface area contributed by atoms with E-state index in [2.05, 4.69) is 15.6 Å². The second kappa shape index (κ2) is 5.14. The SMILES string of the molecule is C/C=C\C(=C/ON)ON. The van der Waals surface area contributed by atoms with Crippen molar-refractivity contribution in [2.24, 2.45) is 11.8 Å². The van der Waals surface area contributed by atoms with E-state index in [1.54, 1.807) is 12.2 Å². The predicted molar refractivity (Wildman–Crippen MR) is 33.4 cm³/mol. The third-order valence-corrected chi connectivity index (χ3v) is 0.651. The zero-order valence-electron chi connectivity index (χ0n) is 5.20. The zero-order valence-corrected chi connectivity index (χ0v) is 5.20. The summed E-state index contributed by atoms with van der Waals surface area (Å²) in [6.45, 7) is 1.82. The molecule has 52 valence electrons. The maximum absolute atomic E-state index is 4.79. The molecule has 0 saturated heterocycles. The van der Waals surface area contributed by atoms with Crippen molar-refractivity contribution < 1.29 is 9.68 Å². The van der Waals surface area contributed by atoms with Crippen molar-refractivity contribution >= 4 is 0 Å². The molecule has 0 rings (SSSR count). The van der Waals surface area contributed by atoms with Crippen LogP contribution in [-0.2, 0) is 9.68 Å². The van der Waals surface area contributed by atoms with Crippen LogP contribution in [0.1, 0.15) is 6.92 Å². The molecule has 0 aliphatic heterocycles. The first-order chi connectivity index (χ1) is 4.35. The normalized spacial score (nSPS) is 12.1. The summed E-state index contributed by atoms with van der Waals surface area (Å²) in [5, 5.41) is 0. The van der Waals surface area contributed by atoms with Gasteiger partial charge in [-0.15, -0.1) is 0 Å². The number of rotatable bonds is 3. The highest BCUT2D eigenvalue weighted by Crippen LogP contribution is 1.93. The summed E-state index contributed by atoms with van der Waals surface area (Å²) >= 11 is 0. The quantitative estimate of drug-likeness (QED) is 0.325. The lowest BCUT2D eigenvalue weighted by molar-refractivity contribution is 0.192. The Kier molecular flexibility index (Phi) is 4.57. The van der Waals surface area contributed by atoms with E-state index in [9.17, 15) is 0 Å². The van der Waals surface area contributed by atoms with Gasteiger partial charge in [0.2, 0.25) is 0 Å². The molecule has 9 heavy (non-hydrogen) atoms. The molecule has 0 atom stereocenters. The van der Waals surface area contributed by atoms with Gasteiger partial charge in [-0.3, -0.25) is 0 Å². The van der Waals surface area contributed by atoms with Crippen LogP contribution >= 0.6 is 0 Å². The summed E-state index contributed by atoms with van der Waals surface area (Å²) in [5.41, 5.74) is 0. The first-order valence-corrected chi connectivity index (χ1v) is 2.40. The van der Waals surface area contributed by atoms with Gasteiger partial charge in [0, 0.05) is 0 Å². The van der Waals surface area contributed by atoms with E-state index in [4.69, 9.17) is 5.90 Å². The molecule has 0 fully saturated rings. The molecule has 0 aromatic heterocycles. The van der Waals surface area contributed by atoms with Crippen molar-refractivity contribution in [3.05, 3.63) is 24.2 Å². The Hall–Kier alpha value is -1.00. The van der Waals surface area contributed by atoms with Gasteiger partial charge in [0.15, 0.2) is 12.0 Å². The molecule has 0 amide bonds. The van der Waals surface area contributed by atoms with Crippen molar-refractivity contribution in [1.29, 1.82) is 0 Å². The average molecular weight is 130 g/mol. The van der Waals surface area contributed by atoms with Gasteiger partial charge in [0.05, 0.1) is 0 Å². The van der Waals surface area contributed by atoms with Gasteiger partial charge in [0.1, 0.15) is 0 Å². The lowest BCUT2D eigenvalue weighted by atomic mass is 10.5. The van der Waals surface area contributed by atoms with Crippen LogP contribution in [0.3, 0.4) is 0 Å². The van der Waals surface area contributed by atoms with Crippen molar-refractivity contribution in [2.45, 2.75) is 6.92 Å². The van der Waals surface area contributed by atoms with Crippen molar-refractivity contribution in [3.8, 4) is 0 Å². The topological polar surface area (TPSA) is 70.5 Å². The Bertz CT molecular complexity index is 120. The second-order valence-corrected chi connectivity index (χ2v) is 1.27. The molecule has 0 radical (unpaired) electrons. The van der Waals surface area contributed by atoms with E-state index in [0.29, 0.717) is 5.76 Å². The fraction of sp³-hybridized carbons (Fsp3) is 0.200. The minimum atomic E-state index is 0.375. The summed E-state index contributed by atoms with van der Waals surface area (Å²) in [7, 11) is 0. The fourth-order valence-electron chi connectivity index (χ4n) is 0.338.